The van der Waals surface area contributed by atoms with E-state index in [1.54, 1.807) is 24.0 Å². The fourth-order valence-electron chi connectivity index (χ4n) is 4.09. The zero-order valence-corrected chi connectivity index (χ0v) is 21.6. The molecular weight excluding hydrogens is 475 g/mol. The van der Waals surface area contributed by atoms with Crippen LogP contribution in [0.25, 0.3) is 10.9 Å². The molecular formula is C28H35FN4O4. The maximum atomic E-state index is 13.5. The fraction of sp³-hybridized carbons (Fsp3) is 0.393. The molecule has 3 rings (SSSR count). The van der Waals surface area contributed by atoms with Crippen LogP contribution in [0.4, 0.5) is 9.18 Å². The summed E-state index contributed by atoms with van der Waals surface area (Å²) >= 11 is 0. The maximum absolute atomic E-state index is 13.5. The molecule has 0 aliphatic carbocycles. The van der Waals surface area contributed by atoms with Gasteiger partial charge in [-0.05, 0) is 48.6 Å². The SMILES string of the molecule is CCOC(=O)CNC(=O)N(CC(=O)N(CCc1c[nH]c2ccccc12)Cc1ccc(F)cc1)CC(C)C. The van der Waals surface area contributed by atoms with Gasteiger partial charge in [0.2, 0.25) is 5.91 Å². The van der Waals surface area contributed by atoms with Gasteiger partial charge in [-0.15, -0.1) is 0 Å². The first-order chi connectivity index (χ1) is 17.8. The summed E-state index contributed by atoms with van der Waals surface area (Å²) in [6.45, 7) is 6.42. The largest absolute Gasteiger partial charge is 0.465 e. The lowest BCUT2D eigenvalue weighted by Gasteiger charge is -2.29. The van der Waals surface area contributed by atoms with E-state index in [1.807, 2.05) is 44.3 Å². The van der Waals surface area contributed by atoms with Crippen LogP contribution in [0, 0.1) is 11.7 Å². The predicted octanol–water partition coefficient (Wildman–Crippen LogP) is 4.11. The van der Waals surface area contributed by atoms with Crippen LogP contribution in [0.3, 0.4) is 0 Å². The number of amides is 3. The molecule has 0 radical (unpaired) electrons. The molecule has 2 aromatic carbocycles. The number of para-hydroxylation sites is 1. The lowest BCUT2D eigenvalue weighted by Crippen LogP contribution is -2.49. The smallest absolute Gasteiger partial charge is 0.325 e. The van der Waals surface area contributed by atoms with Crippen LogP contribution in [0.5, 0.6) is 0 Å². The van der Waals surface area contributed by atoms with Crippen LogP contribution >= 0.6 is 0 Å². The number of carbonyl (C=O) groups excluding carboxylic acids is 3. The Balaban J connectivity index is 1.74. The Hall–Kier alpha value is -3.88. The molecule has 1 heterocycles. The van der Waals surface area contributed by atoms with E-state index in [9.17, 15) is 18.8 Å². The Morgan fingerprint density at radius 3 is 2.49 bits per heavy atom. The first-order valence-corrected chi connectivity index (χ1v) is 12.5. The van der Waals surface area contributed by atoms with Crippen LogP contribution in [0.1, 0.15) is 31.9 Å². The van der Waals surface area contributed by atoms with Crippen molar-refractivity contribution in [1.29, 1.82) is 0 Å². The Labute approximate surface area is 216 Å². The average Bonchev–Trinajstić information content (AvgIpc) is 3.28. The van der Waals surface area contributed by atoms with Crippen molar-refractivity contribution < 1.29 is 23.5 Å². The number of esters is 1. The van der Waals surface area contributed by atoms with Crippen molar-refractivity contribution in [3.05, 3.63) is 71.7 Å². The summed E-state index contributed by atoms with van der Waals surface area (Å²) < 4.78 is 18.3. The molecule has 0 aliphatic rings. The molecule has 2 N–H and O–H groups in total. The standard InChI is InChI=1S/C28H35FN4O4/c1-4-37-27(35)16-31-28(36)33(17-20(2)3)19-26(34)32(18-21-9-11-23(29)12-10-21)14-13-22-15-30-25-8-6-5-7-24(22)25/h5-12,15,20,30H,4,13-14,16-19H2,1-3H3,(H,31,36). The molecule has 8 nitrogen and oxygen atoms in total. The number of carbonyl (C=O) groups is 3. The second-order valence-electron chi connectivity index (χ2n) is 9.29. The number of H-pyrrole nitrogens is 1. The van der Waals surface area contributed by atoms with Crippen molar-refractivity contribution in [2.24, 2.45) is 5.92 Å². The number of aromatic nitrogens is 1. The molecule has 1 aromatic heterocycles. The molecule has 3 aromatic rings. The van der Waals surface area contributed by atoms with Crippen molar-refractivity contribution in [3.63, 3.8) is 0 Å². The van der Waals surface area contributed by atoms with E-state index in [-0.39, 0.29) is 43.9 Å². The van der Waals surface area contributed by atoms with Gasteiger partial charge in [0.25, 0.3) is 0 Å². The number of halogens is 1. The van der Waals surface area contributed by atoms with E-state index in [0.717, 1.165) is 22.0 Å². The highest BCUT2D eigenvalue weighted by molar-refractivity contribution is 5.86. The number of hydrogen-bond donors (Lipinski definition) is 2. The minimum atomic E-state index is -0.539. The molecule has 37 heavy (non-hydrogen) atoms. The van der Waals surface area contributed by atoms with Gasteiger partial charge >= 0.3 is 12.0 Å². The molecule has 9 heteroatoms. The summed E-state index contributed by atoms with van der Waals surface area (Å²) in [6.07, 6.45) is 2.55. The molecule has 0 fully saturated rings. The van der Waals surface area contributed by atoms with E-state index in [0.29, 0.717) is 19.5 Å². The van der Waals surface area contributed by atoms with Gasteiger partial charge in [-0.3, -0.25) is 9.59 Å². The third-order valence-corrected chi connectivity index (χ3v) is 5.85. The van der Waals surface area contributed by atoms with Crippen LogP contribution in [-0.4, -0.2) is 65.5 Å². The van der Waals surface area contributed by atoms with Crippen LogP contribution in [-0.2, 0) is 27.3 Å². The van der Waals surface area contributed by atoms with E-state index in [1.165, 1.54) is 17.0 Å². The summed E-state index contributed by atoms with van der Waals surface area (Å²) in [4.78, 5) is 44.4. The summed E-state index contributed by atoms with van der Waals surface area (Å²) in [5.74, 6) is -1.01. The lowest BCUT2D eigenvalue weighted by molar-refractivity contribution is -0.141. The Kier molecular flexibility index (Phi) is 10.1. The lowest BCUT2D eigenvalue weighted by atomic mass is 10.1. The van der Waals surface area contributed by atoms with Crippen LogP contribution < -0.4 is 5.32 Å². The van der Waals surface area contributed by atoms with E-state index < -0.39 is 12.0 Å². The van der Waals surface area contributed by atoms with Gasteiger partial charge in [-0.25, -0.2) is 9.18 Å². The van der Waals surface area contributed by atoms with Crippen molar-refractivity contribution in [3.8, 4) is 0 Å². The van der Waals surface area contributed by atoms with Gasteiger partial charge in [-0.2, -0.15) is 0 Å². The number of nitrogens with one attached hydrogen (secondary N) is 2. The molecule has 0 unspecified atom stereocenters. The van der Waals surface area contributed by atoms with Crippen molar-refractivity contribution in [2.75, 3.05) is 32.8 Å². The van der Waals surface area contributed by atoms with Crippen molar-refractivity contribution in [1.82, 2.24) is 20.1 Å². The van der Waals surface area contributed by atoms with E-state index in [4.69, 9.17) is 4.74 Å². The third-order valence-electron chi connectivity index (χ3n) is 5.85. The number of hydrogen-bond acceptors (Lipinski definition) is 4. The molecule has 0 saturated carbocycles. The van der Waals surface area contributed by atoms with Gasteiger partial charge in [0.05, 0.1) is 6.61 Å². The monoisotopic (exact) mass is 510 g/mol. The first-order valence-electron chi connectivity index (χ1n) is 12.5. The zero-order valence-electron chi connectivity index (χ0n) is 21.6. The molecule has 3 amide bonds. The van der Waals surface area contributed by atoms with Crippen molar-refractivity contribution in [2.45, 2.75) is 33.7 Å². The van der Waals surface area contributed by atoms with E-state index in [2.05, 4.69) is 10.3 Å². The zero-order chi connectivity index (χ0) is 26.8. The van der Waals surface area contributed by atoms with Crippen LogP contribution in [0.15, 0.2) is 54.7 Å². The molecule has 0 spiro atoms. The Morgan fingerprint density at radius 2 is 1.78 bits per heavy atom. The summed E-state index contributed by atoms with van der Waals surface area (Å²) in [5.41, 5.74) is 2.89. The number of benzene rings is 2. The minimum Gasteiger partial charge on any atom is -0.465 e. The summed E-state index contributed by atoms with van der Waals surface area (Å²) in [6, 6.07) is 13.5. The van der Waals surface area contributed by atoms with Gasteiger partial charge < -0.3 is 24.8 Å². The molecule has 0 saturated heterocycles. The summed E-state index contributed by atoms with van der Waals surface area (Å²) in [7, 11) is 0. The molecule has 0 bridgehead atoms. The van der Waals surface area contributed by atoms with Gasteiger partial charge in [0, 0.05) is 36.7 Å². The molecule has 0 atom stereocenters. The van der Waals surface area contributed by atoms with Gasteiger partial charge in [0.15, 0.2) is 0 Å². The van der Waals surface area contributed by atoms with Gasteiger partial charge in [-0.1, -0.05) is 44.2 Å². The quantitative estimate of drug-likeness (QED) is 0.359. The van der Waals surface area contributed by atoms with Gasteiger partial charge in [0.1, 0.15) is 18.9 Å². The molecule has 0 aliphatic heterocycles. The minimum absolute atomic E-state index is 0.109. The second kappa shape index (κ2) is 13.4. The summed E-state index contributed by atoms with van der Waals surface area (Å²) in [5, 5.41) is 3.64. The second-order valence-corrected chi connectivity index (χ2v) is 9.29. The van der Waals surface area contributed by atoms with E-state index >= 15 is 0 Å². The highest BCUT2D eigenvalue weighted by atomic mass is 19.1. The van der Waals surface area contributed by atoms with Crippen molar-refractivity contribution >= 4 is 28.8 Å². The Bertz CT molecular complexity index is 1190. The topological polar surface area (TPSA) is 94.7 Å². The number of urea groups is 1. The number of fused-ring (bicyclic) bond motifs is 1. The number of aromatic amines is 1. The first kappa shape index (κ1) is 27.7. The Morgan fingerprint density at radius 1 is 1.05 bits per heavy atom. The number of ether oxygens (including phenoxy) is 1. The predicted molar refractivity (Wildman–Crippen MR) is 140 cm³/mol. The maximum Gasteiger partial charge on any atom is 0.325 e. The normalized spacial score (nSPS) is 10.9. The fourth-order valence-corrected chi connectivity index (χ4v) is 4.09. The third kappa shape index (κ3) is 8.34. The number of nitrogens with zero attached hydrogens (tertiary/aromatic N) is 2. The number of rotatable bonds is 12. The highest BCUT2D eigenvalue weighted by Crippen LogP contribution is 2.19. The molecule has 198 valence electrons. The highest BCUT2D eigenvalue weighted by Gasteiger charge is 2.23. The average molecular weight is 511 g/mol. The van der Waals surface area contributed by atoms with Crippen LogP contribution in [0.2, 0.25) is 0 Å².